The number of carbonyl (C=O) groups is 3. The van der Waals surface area contributed by atoms with E-state index in [4.69, 9.17) is 0 Å². The highest BCUT2D eigenvalue weighted by Gasteiger charge is 2.28. The topological polar surface area (TPSA) is 154 Å². The predicted octanol–water partition coefficient (Wildman–Crippen LogP) is 6.24. The second-order valence-electron chi connectivity index (χ2n) is 11.8. The van der Waals surface area contributed by atoms with Gasteiger partial charge in [0.25, 0.3) is 5.69 Å². The number of rotatable bonds is 16. The van der Waals surface area contributed by atoms with Crippen molar-refractivity contribution >= 4 is 34.4 Å². The van der Waals surface area contributed by atoms with Crippen LogP contribution in [0.4, 0.5) is 5.69 Å². The number of nitrogens with zero attached hydrogens (tertiary/aromatic N) is 1. The second-order valence-corrected chi connectivity index (χ2v) is 11.8. The van der Waals surface area contributed by atoms with E-state index < -0.39 is 28.8 Å². The monoisotopic (exact) mass is 646 g/mol. The molecule has 0 saturated heterocycles. The Bertz CT molecular complexity index is 1850. The molecule has 0 saturated carbocycles. The Kier molecular flexibility index (Phi) is 11.3. The molecule has 0 aliphatic heterocycles. The Morgan fingerprint density at radius 3 is 2.12 bits per heavy atom. The number of carbonyl (C=O) groups excluding carboxylic acids is 2. The third kappa shape index (κ3) is 9.16. The molecule has 0 spiro atoms. The molecule has 2 unspecified atom stereocenters. The lowest BCUT2D eigenvalue weighted by atomic mass is 9.94. The van der Waals surface area contributed by atoms with E-state index in [2.05, 4.69) is 15.6 Å². The van der Waals surface area contributed by atoms with Gasteiger partial charge in [0.05, 0.1) is 11.3 Å². The van der Waals surface area contributed by atoms with Crippen molar-refractivity contribution in [3.8, 4) is 11.1 Å². The van der Waals surface area contributed by atoms with Crippen LogP contribution in [0, 0.1) is 16.0 Å². The van der Waals surface area contributed by atoms with Crippen LogP contribution in [0.2, 0.25) is 0 Å². The Labute approximate surface area is 278 Å². The van der Waals surface area contributed by atoms with E-state index in [1.54, 1.807) is 12.1 Å². The lowest BCUT2D eigenvalue weighted by Gasteiger charge is -2.22. The third-order valence-electron chi connectivity index (χ3n) is 8.46. The number of aryl methyl sites for hydroxylation is 1. The number of aromatic amines is 1. The fourth-order valence-corrected chi connectivity index (χ4v) is 5.85. The van der Waals surface area contributed by atoms with E-state index in [0.717, 1.165) is 38.7 Å². The molecule has 1 aromatic heterocycles. The quantitative estimate of drug-likeness (QED) is 0.0735. The van der Waals surface area contributed by atoms with Gasteiger partial charge in [0, 0.05) is 48.1 Å². The number of nitro groups is 1. The average molecular weight is 647 g/mol. The molecule has 0 aliphatic carbocycles. The van der Waals surface area contributed by atoms with Crippen LogP contribution in [0.1, 0.15) is 36.0 Å². The summed E-state index contributed by atoms with van der Waals surface area (Å²) in [6, 6.07) is 30.8. The number of para-hydroxylation sites is 1. The zero-order valence-corrected chi connectivity index (χ0v) is 26.4. The van der Waals surface area contributed by atoms with Gasteiger partial charge in [0.15, 0.2) is 0 Å². The summed E-state index contributed by atoms with van der Waals surface area (Å²) in [5, 5.41) is 27.4. The van der Waals surface area contributed by atoms with E-state index in [1.165, 1.54) is 12.1 Å². The number of benzene rings is 4. The summed E-state index contributed by atoms with van der Waals surface area (Å²) < 4.78 is 0. The van der Waals surface area contributed by atoms with Gasteiger partial charge in [0.1, 0.15) is 6.04 Å². The molecular formula is C38H38N4O6. The van der Waals surface area contributed by atoms with Crippen LogP contribution in [0.25, 0.3) is 22.0 Å². The zero-order chi connectivity index (χ0) is 33.9. The van der Waals surface area contributed by atoms with Gasteiger partial charge >= 0.3 is 5.97 Å². The summed E-state index contributed by atoms with van der Waals surface area (Å²) in [5.74, 6) is -2.69. The number of aliphatic carboxylic acids is 1. The Hall–Kier alpha value is -5.77. The molecule has 1 heterocycles. The second kappa shape index (κ2) is 16.2. The van der Waals surface area contributed by atoms with Crippen LogP contribution in [0.5, 0.6) is 0 Å². The first kappa shape index (κ1) is 33.6. The van der Waals surface area contributed by atoms with Crippen molar-refractivity contribution in [2.75, 3.05) is 6.54 Å². The maximum absolute atomic E-state index is 13.6. The maximum atomic E-state index is 13.6. The van der Waals surface area contributed by atoms with Gasteiger partial charge in [-0.2, -0.15) is 0 Å². The van der Waals surface area contributed by atoms with E-state index in [0.29, 0.717) is 32.2 Å². The lowest BCUT2D eigenvalue weighted by molar-refractivity contribution is -0.384. The van der Waals surface area contributed by atoms with Crippen molar-refractivity contribution in [2.24, 2.45) is 5.92 Å². The number of H-pyrrole nitrogens is 1. The highest BCUT2D eigenvalue weighted by Crippen LogP contribution is 2.24. The molecule has 0 fully saturated rings. The molecular weight excluding hydrogens is 608 g/mol. The summed E-state index contributed by atoms with van der Waals surface area (Å²) in [7, 11) is 0. The van der Waals surface area contributed by atoms with Gasteiger partial charge in [-0.15, -0.1) is 0 Å². The van der Waals surface area contributed by atoms with Gasteiger partial charge < -0.3 is 20.7 Å². The molecule has 10 heteroatoms. The summed E-state index contributed by atoms with van der Waals surface area (Å²) in [6.45, 7) is 0.393. The minimum Gasteiger partial charge on any atom is -0.481 e. The molecule has 4 aromatic carbocycles. The first-order valence-corrected chi connectivity index (χ1v) is 16.0. The Morgan fingerprint density at radius 2 is 1.44 bits per heavy atom. The Balaban J connectivity index is 1.22. The van der Waals surface area contributed by atoms with Gasteiger partial charge in [-0.1, -0.05) is 72.8 Å². The number of nitro benzene ring substituents is 1. The summed E-state index contributed by atoms with van der Waals surface area (Å²) in [4.78, 5) is 52.6. The molecule has 0 radical (unpaired) electrons. The molecule has 246 valence electrons. The molecule has 48 heavy (non-hydrogen) atoms. The van der Waals surface area contributed by atoms with Crippen LogP contribution >= 0.6 is 0 Å². The number of carboxylic acids is 1. The van der Waals surface area contributed by atoms with Crippen molar-refractivity contribution in [1.82, 2.24) is 15.6 Å². The zero-order valence-electron chi connectivity index (χ0n) is 26.4. The first-order valence-electron chi connectivity index (χ1n) is 16.0. The molecule has 2 atom stereocenters. The van der Waals surface area contributed by atoms with Gasteiger partial charge in [-0.3, -0.25) is 24.5 Å². The predicted molar refractivity (Wildman–Crippen MR) is 184 cm³/mol. The van der Waals surface area contributed by atoms with Crippen molar-refractivity contribution in [3.05, 3.63) is 136 Å². The average Bonchev–Trinajstić information content (AvgIpc) is 3.50. The summed E-state index contributed by atoms with van der Waals surface area (Å²) in [6.07, 6.45) is 3.90. The highest BCUT2D eigenvalue weighted by molar-refractivity contribution is 5.91. The normalized spacial score (nSPS) is 12.2. The van der Waals surface area contributed by atoms with E-state index in [1.807, 2.05) is 85.1 Å². The number of amides is 2. The lowest BCUT2D eigenvalue weighted by Crippen LogP contribution is -2.50. The third-order valence-corrected chi connectivity index (χ3v) is 8.46. The van der Waals surface area contributed by atoms with Crippen molar-refractivity contribution in [1.29, 1.82) is 0 Å². The SMILES string of the molecule is O=C(O)CC(CCCc1ccc(-c2ccc([N+](=O)[O-])cc2)cc1)C(=O)NC(Cc1c[nH]c2ccccc12)C(=O)NCCc1ccccc1. The fourth-order valence-electron chi connectivity index (χ4n) is 5.85. The first-order chi connectivity index (χ1) is 23.3. The molecule has 0 bridgehead atoms. The van der Waals surface area contributed by atoms with E-state index in [-0.39, 0.29) is 24.4 Å². The number of fused-ring (bicyclic) bond motifs is 1. The van der Waals surface area contributed by atoms with Crippen LogP contribution in [-0.4, -0.2) is 45.4 Å². The number of hydrogen-bond donors (Lipinski definition) is 4. The largest absolute Gasteiger partial charge is 0.481 e. The maximum Gasteiger partial charge on any atom is 0.304 e. The van der Waals surface area contributed by atoms with Crippen molar-refractivity contribution in [2.45, 2.75) is 44.6 Å². The number of non-ortho nitro benzene ring substituents is 1. The number of aromatic nitrogens is 1. The number of hydrogen-bond acceptors (Lipinski definition) is 5. The fraction of sp³-hybridized carbons (Fsp3) is 0.237. The molecule has 5 rings (SSSR count). The molecule has 4 N–H and O–H groups in total. The summed E-state index contributed by atoms with van der Waals surface area (Å²) >= 11 is 0. The van der Waals surface area contributed by atoms with E-state index >= 15 is 0 Å². The Morgan fingerprint density at radius 1 is 0.792 bits per heavy atom. The van der Waals surface area contributed by atoms with Crippen LogP contribution < -0.4 is 10.6 Å². The number of carboxylic acid groups (broad SMARTS) is 1. The van der Waals surface area contributed by atoms with Gasteiger partial charge in [0.2, 0.25) is 11.8 Å². The molecule has 0 aliphatic rings. The van der Waals surface area contributed by atoms with Gasteiger partial charge in [-0.25, -0.2) is 0 Å². The van der Waals surface area contributed by atoms with Crippen LogP contribution in [0.15, 0.2) is 109 Å². The number of nitrogens with one attached hydrogen (secondary N) is 3. The minimum atomic E-state index is -1.08. The van der Waals surface area contributed by atoms with E-state index in [9.17, 15) is 29.6 Å². The smallest absolute Gasteiger partial charge is 0.304 e. The van der Waals surface area contributed by atoms with Crippen molar-refractivity contribution < 1.29 is 24.4 Å². The molecule has 10 nitrogen and oxygen atoms in total. The highest BCUT2D eigenvalue weighted by atomic mass is 16.6. The standard InChI is InChI=1S/C38H38N4O6/c43-36(44)24-30(10-6-9-27-13-15-28(16-14-27)29-17-19-32(20-18-29)42(47)48)37(45)41-35(23-31-25-40-34-12-5-4-11-33(31)34)38(46)39-22-21-26-7-2-1-3-8-26/h1-5,7-8,11-20,25,30,35,40H,6,9-10,21-24H2,(H,39,46)(H,41,45)(H,43,44). The molecule has 5 aromatic rings. The minimum absolute atomic E-state index is 0.0308. The van der Waals surface area contributed by atoms with Crippen LogP contribution in [0.3, 0.4) is 0 Å². The van der Waals surface area contributed by atoms with Gasteiger partial charge in [-0.05, 0) is 71.7 Å². The summed E-state index contributed by atoms with van der Waals surface area (Å²) in [5.41, 5.74) is 5.70. The molecule has 2 amide bonds. The van der Waals surface area contributed by atoms with Crippen LogP contribution in [-0.2, 0) is 33.6 Å². The van der Waals surface area contributed by atoms with Crippen molar-refractivity contribution in [3.63, 3.8) is 0 Å².